The number of anilines is 1. The number of Topliss-reactive ketones (excluding diaryl/α,β-unsaturated/α-hetero) is 1. The van der Waals surface area contributed by atoms with Crippen LogP contribution in [0.15, 0.2) is 18.6 Å². The second-order valence-electron chi connectivity index (χ2n) is 6.19. The van der Waals surface area contributed by atoms with Crippen molar-refractivity contribution < 1.29 is 34.6 Å². The van der Waals surface area contributed by atoms with Gasteiger partial charge in [-0.05, 0) is 31.2 Å². The van der Waals surface area contributed by atoms with E-state index in [0.29, 0.717) is 6.42 Å². The smallest absolute Gasteiger partial charge is 0.295 e. The number of ketones is 1. The van der Waals surface area contributed by atoms with Crippen LogP contribution < -0.4 is 5.01 Å². The second kappa shape index (κ2) is 10.1. The van der Waals surface area contributed by atoms with Crippen molar-refractivity contribution in [2.24, 2.45) is 5.92 Å². The number of H-pyrrole nitrogens is 1. The first kappa shape index (κ1) is 22.6. The molecule has 0 saturated carbocycles. The van der Waals surface area contributed by atoms with E-state index in [0.717, 1.165) is 42.8 Å². The molecule has 1 N–H and O–H groups in total. The number of hydrogen-bond donors (Lipinski definition) is 1. The van der Waals surface area contributed by atoms with Crippen molar-refractivity contribution >= 4 is 22.6 Å². The average Bonchev–Trinajstić information content (AvgIpc) is 3.07. The molecule has 0 aromatic carbocycles. The zero-order valence-electron chi connectivity index (χ0n) is 15.0. The first-order valence-corrected chi connectivity index (χ1v) is 8.14. The summed E-state index contributed by atoms with van der Waals surface area (Å²) in [5.41, 5.74) is 0.780. The van der Waals surface area contributed by atoms with Crippen molar-refractivity contribution in [3.63, 3.8) is 0 Å². The molecular formula is C17H24F2N5OW-. The van der Waals surface area contributed by atoms with Crippen LogP contribution in [0.2, 0.25) is 0 Å². The number of hydrazine groups is 1. The molecule has 1 saturated heterocycles. The third-order valence-corrected chi connectivity index (χ3v) is 4.60. The van der Waals surface area contributed by atoms with Gasteiger partial charge in [-0.25, -0.2) is 23.8 Å². The number of hydrogen-bond acceptors (Lipinski definition) is 5. The molecule has 1 aliphatic rings. The van der Waals surface area contributed by atoms with E-state index in [2.05, 4.69) is 20.0 Å². The number of carbonyl (C=O) groups is 1. The van der Waals surface area contributed by atoms with Crippen LogP contribution in [0.25, 0.3) is 11.0 Å². The average molecular weight is 536 g/mol. The van der Waals surface area contributed by atoms with Crippen LogP contribution in [0, 0.1) is 13.3 Å². The predicted octanol–water partition coefficient (Wildman–Crippen LogP) is 3.08. The van der Waals surface area contributed by atoms with Crippen LogP contribution in [0.1, 0.15) is 25.7 Å². The van der Waals surface area contributed by atoms with Gasteiger partial charge in [0, 0.05) is 53.8 Å². The first-order valence-electron chi connectivity index (χ1n) is 8.14. The molecule has 3 heterocycles. The summed E-state index contributed by atoms with van der Waals surface area (Å²) in [7, 11) is 1.95. The Balaban J connectivity index is 0.00000169. The van der Waals surface area contributed by atoms with E-state index >= 15 is 0 Å². The molecule has 0 radical (unpaired) electrons. The first-order chi connectivity index (χ1) is 11.6. The van der Waals surface area contributed by atoms with Gasteiger partial charge in [-0.15, -0.1) is 0 Å². The molecule has 26 heavy (non-hydrogen) atoms. The van der Waals surface area contributed by atoms with E-state index in [4.69, 9.17) is 0 Å². The van der Waals surface area contributed by atoms with Crippen LogP contribution in [0.3, 0.4) is 0 Å². The van der Waals surface area contributed by atoms with E-state index in [1.165, 1.54) is 6.33 Å². The normalized spacial score (nSPS) is 17.6. The number of nitrogens with zero attached hydrogens (tertiary/aromatic N) is 4. The summed E-state index contributed by atoms with van der Waals surface area (Å²) in [6.45, 7) is 1.62. The molecule has 0 amide bonds. The fraction of sp³-hybridized carbons (Fsp3) is 0.529. The number of halogens is 2. The van der Waals surface area contributed by atoms with E-state index in [1.807, 2.05) is 24.3 Å². The fourth-order valence-corrected chi connectivity index (χ4v) is 3.26. The van der Waals surface area contributed by atoms with Crippen LogP contribution in [-0.2, 0) is 25.9 Å². The van der Waals surface area contributed by atoms with Crippen LogP contribution in [0.4, 0.5) is 14.6 Å². The third kappa shape index (κ3) is 5.07. The number of fused-ring (bicyclic) bond motifs is 1. The molecule has 2 aromatic heterocycles. The molecular weight excluding hydrogens is 512 g/mol. The van der Waals surface area contributed by atoms with Crippen molar-refractivity contribution in [1.82, 2.24) is 20.0 Å². The van der Waals surface area contributed by atoms with Gasteiger partial charge in [-0.3, -0.25) is 9.80 Å². The number of nitrogens with one attached hydrogen (secondary N) is 1. The van der Waals surface area contributed by atoms with Gasteiger partial charge in [0.25, 0.3) is 6.43 Å². The Morgan fingerprint density at radius 2 is 2.23 bits per heavy atom. The van der Waals surface area contributed by atoms with Crippen LogP contribution >= 0.6 is 0 Å². The van der Waals surface area contributed by atoms with Crippen molar-refractivity contribution in [1.29, 1.82) is 0 Å². The number of rotatable bonds is 6. The Labute approximate surface area is 166 Å². The molecule has 144 valence electrons. The number of aromatic amines is 1. The van der Waals surface area contributed by atoms with Crippen molar-refractivity contribution in [2.75, 3.05) is 25.1 Å². The monoisotopic (exact) mass is 536 g/mol. The third-order valence-electron chi connectivity index (χ3n) is 4.60. The maximum atomic E-state index is 12.3. The quantitative estimate of drug-likeness (QED) is 0.576. The van der Waals surface area contributed by atoms with Crippen molar-refractivity contribution in [3.05, 3.63) is 26.0 Å². The molecule has 0 bridgehead atoms. The summed E-state index contributed by atoms with van der Waals surface area (Å²) in [4.78, 5) is 22.8. The Hall–Kier alpha value is -1.40. The van der Waals surface area contributed by atoms with Crippen LogP contribution in [-0.4, -0.2) is 52.3 Å². The van der Waals surface area contributed by atoms with Gasteiger partial charge in [0.15, 0.2) is 11.6 Å². The minimum Gasteiger partial charge on any atom is -0.358 e. The van der Waals surface area contributed by atoms with Gasteiger partial charge in [0.1, 0.15) is 12.0 Å². The topological polar surface area (TPSA) is 65.1 Å². The molecule has 1 fully saturated rings. The molecule has 6 nitrogen and oxygen atoms in total. The van der Waals surface area contributed by atoms with Gasteiger partial charge < -0.3 is 12.4 Å². The second-order valence-corrected chi connectivity index (χ2v) is 6.19. The van der Waals surface area contributed by atoms with Crippen LogP contribution in [0.5, 0.6) is 0 Å². The maximum Gasteiger partial charge on any atom is 0.295 e. The van der Waals surface area contributed by atoms with Crippen molar-refractivity contribution in [2.45, 2.75) is 32.1 Å². The van der Waals surface area contributed by atoms with Gasteiger partial charge in [0.2, 0.25) is 0 Å². The summed E-state index contributed by atoms with van der Waals surface area (Å²) >= 11 is 0. The predicted molar refractivity (Wildman–Crippen MR) is 93.2 cm³/mol. The minimum absolute atomic E-state index is 0. The molecule has 0 aliphatic carbocycles. The minimum atomic E-state index is -2.85. The van der Waals surface area contributed by atoms with Gasteiger partial charge in [0.05, 0.1) is 5.39 Å². The summed E-state index contributed by atoms with van der Waals surface area (Å²) in [6.07, 6.45) is 2.89. The molecule has 1 atom stereocenters. The van der Waals surface area contributed by atoms with Gasteiger partial charge >= 0.3 is 0 Å². The number of aromatic nitrogens is 3. The Bertz CT molecular complexity index is 711. The molecule has 3 rings (SSSR count). The Morgan fingerprint density at radius 1 is 1.46 bits per heavy atom. The van der Waals surface area contributed by atoms with E-state index in [1.54, 1.807) is 0 Å². The number of alkyl halides is 2. The van der Waals surface area contributed by atoms with Crippen molar-refractivity contribution in [3.8, 4) is 0 Å². The summed E-state index contributed by atoms with van der Waals surface area (Å²) in [5, 5.41) is 5.10. The van der Waals surface area contributed by atoms with E-state index in [-0.39, 0.29) is 40.8 Å². The molecule has 1 unspecified atom stereocenters. The molecule has 1 aliphatic heterocycles. The summed E-state index contributed by atoms with van der Waals surface area (Å²) in [6, 6.07) is 1.93. The maximum absolute atomic E-state index is 12.3. The molecule has 0 spiro atoms. The Morgan fingerprint density at radius 3 is 2.96 bits per heavy atom. The van der Waals surface area contributed by atoms with Gasteiger partial charge in [-0.1, -0.05) is 0 Å². The molecule has 9 heteroatoms. The largest absolute Gasteiger partial charge is 0.358 e. The van der Waals surface area contributed by atoms with E-state index in [9.17, 15) is 13.6 Å². The summed E-state index contributed by atoms with van der Waals surface area (Å²) in [5.74, 6) is 0.100. The summed E-state index contributed by atoms with van der Waals surface area (Å²) < 4.78 is 24.7. The van der Waals surface area contributed by atoms with E-state index < -0.39 is 12.2 Å². The zero-order chi connectivity index (χ0) is 17.1. The standard InChI is InChI=1S/C16H21F2N5O.CH3.W/c1-22(16-12-6-7-19-15(12)20-10-21-16)23-8-2-3-11(9-23)4-5-13(24)14(17)18;;/h6-7,10-11,14H,2-5,8-9H2,1H3,(H,19,20,21);1H3;/q;-1;. The zero-order valence-corrected chi connectivity index (χ0v) is 17.9. The number of piperidine rings is 1. The van der Waals surface area contributed by atoms with Gasteiger partial charge in [-0.2, -0.15) is 0 Å². The SMILES string of the molecule is CN(c1ncnc2[nH]ccc12)N1CCCC(CCC(=O)C(F)F)C1.[CH3-].[W]. The number of carbonyl (C=O) groups excluding carboxylic acids is 1. The fourth-order valence-electron chi connectivity index (χ4n) is 3.26. The Kier molecular flexibility index (Phi) is 8.77. The molecule has 2 aromatic rings.